The average Bonchev–Trinajstić information content (AvgIpc) is 1.86. The Morgan fingerprint density at radius 3 is 2.73 bits per heavy atom. The third-order valence-electron chi connectivity index (χ3n) is 1.17. The number of rotatable bonds is 4. The average molecular weight is 157 g/mol. The van der Waals surface area contributed by atoms with Gasteiger partial charge in [0.15, 0.2) is 0 Å². The lowest BCUT2D eigenvalue weighted by Gasteiger charge is -1.98. The standard InChI is InChI=1S/C8H15NO2/c1-3-4-5-9-8(11)6-7(2)10/h6,10H,3-5H2,1-2H3,(H,9,11). The van der Waals surface area contributed by atoms with Crippen LogP contribution in [0.25, 0.3) is 0 Å². The molecule has 0 aliphatic heterocycles. The molecule has 0 aliphatic carbocycles. The molecule has 3 nitrogen and oxygen atoms in total. The fraction of sp³-hybridized carbons (Fsp3) is 0.625. The van der Waals surface area contributed by atoms with E-state index in [0.717, 1.165) is 12.8 Å². The summed E-state index contributed by atoms with van der Waals surface area (Å²) in [7, 11) is 0. The second-order valence-corrected chi connectivity index (χ2v) is 2.43. The number of unbranched alkanes of at least 4 members (excludes halogenated alkanes) is 1. The molecule has 0 aromatic heterocycles. The molecule has 0 aliphatic rings. The zero-order valence-electron chi connectivity index (χ0n) is 7.05. The van der Waals surface area contributed by atoms with E-state index >= 15 is 0 Å². The van der Waals surface area contributed by atoms with Crippen molar-refractivity contribution in [3.8, 4) is 0 Å². The van der Waals surface area contributed by atoms with Gasteiger partial charge < -0.3 is 10.4 Å². The number of carbonyl (C=O) groups excluding carboxylic acids is 1. The molecule has 1 amide bonds. The van der Waals surface area contributed by atoms with E-state index in [0.29, 0.717) is 6.54 Å². The van der Waals surface area contributed by atoms with Gasteiger partial charge in [-0.3, -0.25) is 4.79 Å². The number of hydrogen-bond donors (Lipinski definition) is 2. The number of allylic oxidation sites excluding steroid dienone is 1. The quantitative estimate of drug-likeness (QED) is 0.368. The van der Waals surface area contributed by atoms with Crippen molar-refractivity contribution in [2.75, 3.05) is 6.54 Å². The smallest absolute Gasteiger partial charge is 0.247 e. The molecule has 0 heterocycles. The minimum Gasteiger partial charge on any atom is -0.512 e. The molecule has 3 heteroatoms. The van der Waals surface area contributed by atoms with Crippen LogP contribution < -0.4 is 5.32 Å². The first-order chi connectivity index (χ1) is 5.16. The zero-order valence-corrected chi connectivity index (χ0v) is 7.05. The monoisotopic (exact) mass is 157 g/mol. The summed E-state index contributed by atoms with van der Waals surface area (Å²) in [5.41, 5.74) is 0. The molecule has 64 valence electrons. The van der Waals surface area contributed by atoms with E-state index in [1.807, 2.05) is 0 Å². The largest absolute Gasteiger partial charge is 0.512 e. The number of aliphatic hydroxyl groups excluding tert-OH is 1. The van der Waals surface area contributed by atoms with Gasteiger partial charge in [0, 0.05) is 12.6 Å². The van der Waals surface area contributed by atoms with Gasteiger partial charge in [-0.1, -0.05) is 13.3 Å². The van der Waals surface area contributed by atoms with Gasteiger partial charge in [0.05, 0.1) is 5.76 Å². The molecular weight excluding hydrogens is 142 g/mol. The van der Waals surface area contributed by atoms with Gasteiger partial charge in [-0.2, -0.15) is 0 Å². The Hall–Kier alpha value is -0.990. The number of nitrogens with one attached hydrogen (secondary N) is 1. The summed E-state index contributed by atoms with van der Waals surface area (Å²) in [6.45, 7) is 4.21. The van der Waals surface area contributed by atoms with Gasteiger partial charge >= 0.3 is 0 Å². The van der Waals surface area contributed by atoms with E-state index in [4.69, 9.17) is 5.11 Å². The second kappa shape index (κ2) is 5.77. The first-order valence-corrected chi connectivity index (χ1v) is 3.82. The van der Waals surface area contributed by atoms with Crippen LogP contribution in [0.5, 0.6) is 0 Å². The van der Waals surface area contributed by atoms with E-state index in [2.05, 4.69) is 12.2 Å². The van der Waals surface area contributed by atoms with Crippen LogP contribution >= 0.6 is 0 Å². The van der Waals surface area contributed by atoms with Gasteiger partial charge in [0.25, 0.3) is 0 Å². The van der Waals surface area contributed by atoms with Gasteiger partial charge in [-0.25, -0.2) is 0 Å². The summed E-state index contributed by atoms with van der Waals surface area (Å²) in [5.74, 6) is -0.183. The molecule has 2 N–H and O–H groups in total. The summed E-state index contributed by atoms with van der Waals surface area (Å²) in [5, 5.41) is 11.3. The van der Waals surface area contributed by atoms with E-state index < -0.39 is 0 Å². The van der Waals surface area contributed by atoms with Crippen molar-refractivity contribution in [2.45, 2.75) is 26.7 Å². The highest BCUT2D eigenvalue weighted by atomic mass is 16.3. The predicted octanol–water partition coefficient (Wildman–Crippen LogP) is 1.36. The molecule has 0 rings (SSSR count). The Morgan fingerprint density at radius 2 is 2.27 bits per heavy atom. The maximum atomic E-state index is 10.8. The zero-order chi connectivity index (χ0) is 8.69. The summed E-state index contributed by atoms with van der Waals surface area (Å²) in [6.07, 6.45) is 3.21. The maximum Gasteiger partial charge on any atom is 0.247 e. The fourth-order valence-corrected chi connectivity index (χ4v) is 0.629. The summed E-state index contributed by atoms with van der Waals surface area (Å²) < 4.78 is 0. The van der Waals surface area contributed by atoms with Crippen LogP contribution in [-0.2, 0) is 4.79 Å². The first-order valence-electron chi connectivity index (χ1n) is 3.82. The Bertz CT molecular complexity index is 148. The minimum atomic E-state index is -0.224. The van der Waals surface area contributed by atoms with E-state index in [1.165, 1.54) is 13.0 Å². The van der Waals surface area contributed by atoms with Crippen molar-refractivity contribution < 1.29 is 9.90 Å². The van der Waals surface area contributed by atoms with Gasteiger partial charge in [-0.05, 0) is 13.3 Å². The van der Waals surface area contributed by atoms with Crippen LogP contribution in [0.4, 0.5) is 0 Å². The van der Waals surface area contributed by atoms with E-state index in [9.17, 15) is 4.79 Å². The molecule has 0 bridgehead atoms. The molecule has 0 saturated carbocycles. The highest BCUT2D eigenvalue weighted by Gasteiger charge is 1.94. The third kappa shape index (κ3) is 6.90. The Balaban J connectivity index is 3.46. The van der Waals surface area contributed by atoms with Crippen LogP contribution in [0.15, 0.2) is 11.8 Å². The summed E-state index contributed by atoms with van der Waals surface area (Å²) >= 11 is 0. The van der Waals surface area contributed by atoms with Crippen molar-refractivity contribution >= 4 is 5.91 Å². The Morgan fingerprint density at radius 1 is 1.64 bits per heavy atom. The molecule has 0 aromatic carbocycles. The van der Waals surface area contributed by atoms with Crippen LogP contribution in [0.3, 0.4) is 0 Å². The molecule has 0 radical (unpaired) electrons. The SMILES string of the molecule is CCCCNC(=O)C=C(C)O. The van der Waals surface area contributed by atoms with Crippen molar-refractivity contribution in [1.29, 1.82) is 0 Å². The van der Waals surface area contributed by atoms with Gasteiger partial charge in [0.1, 0.15) is 0 Å². The molecule has 0 fully saturated rings. The highest BCUT2D eigenvalue weighted by Crippen LogP contribution is 1.85. The number of carbonyl (C=O) groups is 1. The lowest BCUT2D eigenvalue weighted by Crippen LogP contribution is -2.22. The molecule has 0 saturated heterocycles. The van der Waals surface area contributed by atoms with Gasteiger partial charge in [0.2, 0.25) is 5.91 Å². The lowest BCUT2D eigenvalue weighted by atomic mass is 10.3. The Labute approximate surface area is 67.1 Å². The van der Waals surface area contributed by atoms with Crippen molar-refractivity contribution in [1.82, 2.24) is 5.32 Å². The Kier molecular flexibility index (Phi) is 5.25. The third-order valence-corrected chi connectivity index (χ3v) is 1.17. The fourth-order valence-electron chi connectivity index (χ4n) is 0.629. The van der Waals surface area contributed by atoms with E-state index in [1.54, 1.807) is 0 Å². The molecule has 0 aromatic rings. The van der Waals surface area contributed by atoms with Crippen LogP contribution in [-0.4, -0.2) is 17.6 Å². The first kappa shape index (κ1) is 10.0. The van der Waals surface area contributed by atoms with Crippen LogP contribution in [0.2, 0.25) is 0 Å². The molecule has 0 unspecified atom stereocenters. The maximum absolute atomic E-state index is 10.8. The summed E-state index contributed by atoms with van der Waals surface area (Å²) in [6, 6.07) is 0. The molecule has 0 spiro atoms. The van der Waals surface area contributed by atoms with Crippen LogP contribution in [0.1, 0.15) is 26.7 Å². The molecule has 0 atom stereocenters. The lowest BCUT2D eigenvalue weighted by molar-refractivity contribution is -0.116. The van der Waals surface area contributed by atoms with Crippen molar-refractivity contribution in [3.63, 3.8) is 0 Å². The minimum absolute atomic E-state index is 0.0407. The normalized spacial score (nSPS) is 11.3. The molecule has 11 heavy (non-hydrogen) atoms. The van der Waals surface area contributed by atoms with E-state index in [-0.39, 0.29) is 11.7 Å². The van der Waals surface area contributed by atoms with Crippen LogP contribution in [0, 0.1) is 0 Å². The predicted molar refractivity (Wildman–Crippen MR) is 44.3 cm³/mol. The number of amides is 1. The highest BCUT2D eigenvalue weighted by molar-refractivity contribution is 5.87. The van der Waals surface area contributed by atoms with Crippen molar-refractivity contribution in [2.24, 2.45) is 0 Å². The second-order valence-electron chi connectivity index (χ2n) is 2.43. The molecular formula is C8H15NO2. The van der Waals surface area contributed by atoms with Gasteiger partial charge in [-0.15, -0.1) is 0 Å². The topological polar surface area (TPSA) is 49.3 Å². The summed E-state index contributed by atoms with van der Waals surface area (Å²) in [4.78, 5) is 10.8. The number of hydrogen-bond acceptors (Lipinski definition) is 2. The van der Waals surface area contributed by atoms with Crippen molar-refractivity contribution in [3.05, 3.63) is 11.8 Å². The number of aliphatic hydroxyl groups is 1.